The van der Waals surface area contributed by atoms with E-state index in [1.54, 1.807) is 6.92 Å². The highest BCUT2D eigenvalue weighted by Crippen LogP contribution is 2.39. The first-order chi connectivity index (χ1) is 6.40. The molecule has 2 unspecified atom stereocenters. The summed E-state index contributed by atoms with van der Waals surface area (Å²) >= 11 is 0. The molecular weight excluding hydrogens is 178 g/mol. The second kappa shape index (κ2) is 3.48. The Morgan fingerprint density at radius 2 is 2.14 bits per heavy atom. The van der Waals surface area contributed by atoms with E-state index >= 15 is 0 Å². The van der Waals surface area contributed by atoms with Crippen molar-refractivity contribution >= 4 is 5.97 Å². The fourth-order valence-corrected chi connectivity index (χ4v) is 1.83. The lowest BCUT2D eigenvalue weighted by molar-refractivity contribution is -0.148. The van der Waals surface area contributed by atoms with Crippen molar-refractivity contribution in [2.45, 2.75) is 13.8 Å². The predicted octanol–water partition coefficient (Wildman–Crippen LogP) is 1.73. The van der Waals surface area contributed by atoms with Crippen LogP contribution in [0.15, 0.2) is 23.9 Å². The van der Waals surface area contributed by atoms with Gasteiger partial charge < -0.3 is 10.0 Å². The number of rotatable bonds is 2. The van der Waals surface area contributed by atoms with Gasteiger partial charge in [0, 0.05) is 19.8 Å². The molecule has 78 valence electrons. The standard InChI is InChI=1S/C11H17NO2/c1-8-6-5-7-9(12(3)4)11(8,2)10(13)14/h5-8H,1-4H3,(H,13,14). The molecule has 0 amide bonds. The highest BCUT2D eigenvalue weighted by molar-refractivity contribution is 5.79. The highest BCUT2D eigenvalue weighted by Gasteiger charge is 2.43. The predicted molar refractivity (Wildman–Crippen MR) is 55.8 cm³/mol. The number of hydrogen-bond acceptors (Lipinski definition) is 2. The van der Waals surface area contributed by atoms with Crippen molar-refractivity contribution in [2.75, 3.05) is 14.1 Å². The Hall–Kier alpha value is -1.25. The van der Waals surface area contributed by atoms with Crippen LogP contribution in [0.3, 0.4) is 0 Å². The van der Waals surface area contributed by atoms with Gasteiger partial charge in [0.15, 0.2) is 0 Å². The molecule has 0 heterocycles. The maximum Gasteiger partial charge on any atom is 0.315 e. The second-order valence-corrected chi connectivity index (χ2v) is 4.13. The molecule has 2 atom stereocenters. The van der Waals surface area contributed by atoms with Crippen LogP contribution in [0.4, 0.5) is 0 Å². The van der Waals surface area contributed by atoms with Gasteiger partial charge in [-0.15, -0.1) is 0 Å². The topological polar surface area (TPSA) is 40.5 Å². The van der Waals surface area contributed by atoms with Crippen molar-refractivity contribution in [3.8, 4) is 0 Å². The summed E-state index contributed by atoms with van der Waals surface area (Å²) in [5.74, 6) is -0.753. The molecular formula is C11H17NO2. The lowest BCUT2D eigenvalue weighted by Gasteiger charge is -2.37. The van der Waals surface area contributed by atoms with E-state index in [9.17, 15) is 9.90 Å². The SMILES string of the molecule is CC1C=CC=C(N(C)C)C1(C)C(=O)O. The lowest BCUT2D eigenvalue weighted by Crippen LogP contribution is -2.41. The lowest BCUT2D eigenvalue weighted by atomic mass is 9.72. The van der Waals surface area contributed by atoms with Gasteiger partial charge in [-0.25, -0.2) is 0 Å². The van der Waals surface area contributed by atoms with Gasteiger partial charge in [0.2, 0.25) is 0 Å². The molecule has 0 radical (unpaired) electrons. The van der Waals surface area contributed by atoms with E-state index in [0.29, 0.717) is 0 Å². The Labute approximate surface area is 84.7 Å². The van der Waals surface area contributed by atoms with Crippen LogP contribution in [0.25, 0.3) is 0 Å². The number of carboxylic acids is 1. The first-order valence-corrected chi connectivity index (χ1v) is 4.70. The Bertz CT molecular complexity index is 304. The third-order valence-corrected chi connectivity index (χ3v) is 3.02. The molecule has 3 nitrogen and oxygen atoms in total. The molecule has 0 aromatic rings. The minimum absolute atomic E-state index is 0.0161. The molecule has 0 saturated carbocycles. The van der Waals surface area contributed by atoms with E-state index in [2.05, 4.69) is 0 Å². The van der Waals surface area contributed by atoms with Gasteiger partial charge in [0.05, 0.1) is 0 Å². The number of allylic oxidation sites excluding steroid dienone is 3. The molecule has 0 bridgehead atoms. The summed E-state index contributed by atoms with van der Waals surface area (Å²) < 4.78 is 0. The molecule has 3 heteroatoms. The number of aliphatic carboxylic acids is 1. The summed E-state index contributed by atoms with van der Waals surface area (Å²) in [6, 6.07) is 0. The minimum atomic E-state index is -0.807. The zero-order valence-electron chi connectivity index (χ0n) is 9.11. The summed E-state index contributed by atoms with van der Waals surface area (Å²) in [6.07, 6.45) is 5.72. The van der Waals surface area contributed by atoms with Crippen LogP contribution in [-0.4, -0.2) is 30.1 Å². The summed E-state index contributed by atoms with van der Waals surface area (Å²) in [6.45, 7) is 3.70. The zero-order chi connectivity index (χ0) is 10.9. The first kappa shape index (κ1) is 10.8. The third kappa shape index (κ3) is 1.43. The fourth-order valence-electron chi connectivity index (χ4n) is 1.83. The van der Waals surface area contributed by atoms with Crippen LogP contribution in [0, 0.1) is 11.3 Å². The van der Waals surface area contributed by atoms with Crippen molar-refractivity contribution in [1.82, 2.24) is 4.90 Å². The Kier molecular flexibility index (Phi) is 2.69. The third-order valence-electron chi connectivity index (χ3n) is 3.02. The van der Waals surface area contributed by atoms with Crippen LogP contribution < -0.4 is 0 Å². The van der Waals surface area contributed by atoms with Crippen LogP contribution in [-0.2, 0) is 4.79 Å². The van der Waals surface area contributed by atoms with Crippen molar-refractivity contribution < 1.29 is 9.90 Å². The van der Waals surface area contributed by atoms with E-state index in [4.69, 9.17) is 0 Å². The van der Waals surface area contributed by atoms with Gasteiger partial charge in [0.25, 0.3) is 0 Å². The Morgan fingerprint density at radius 3 is 2.50 bits per heavy atom. The van der Waals surface area contributed by atoms with Crippen molar-refractivity contribution in [3.05, 3.63) is 23.9 Å². The van der Waals surface area contributed by atoms with Crippen LogP contribution in [0.2, 0.25) is 0 Å². The molecule has 14 heavy (non-hydrogen) atoms. The van der Waals surface area contributed by atoms with Crippen LogP contribution in [0.5, 0.6) is 0 Å². The Balaban J connectivity index is 3.18. The number of carboxylic acid groups (broad SMARTS) is 1. The van der Waals surface area contributed by atoms with Gasteiger partial charge in [-0.2, -0.15) is 0 Å². The Morgan fingerprint density at radius 1 is 1.57 bits per heavy atom. The van der Waals surface area contributed by atoms with Gasteiger partial charge in [-0.1, -0.05) is 19.1 Å². The van der Waals surface area contributed by atoms with Gasteiger partial charge in [-0.3, -0.25) is 4.79 Å². The quantitative estimate of drug-likeness (QED) is 0.729. The summed E-state index contributed by atoms with van der Waals surface area (Å²) in [5.41, 5.74) is 0.0399. The molecule has 1 rings (SSSR count). The molecule has 0 aromatic heterocycles. The maximum atomic E-state index is 11.3. The zero-order valence-corrected chi connectivity index (χ0v) is 9.11. The van der Waals surface area contributed by atoms with Crippen LogP contribution >= 0.6 is 0 Å². The van der Waals surface area contributed by atoms with E-state index in [1.165, 1.54) is 0 Å². The molecule has 1 N–H and O–H groups in total. The van der Waals surface area contributed by atoms with Crippen LogP contribution in [0.1, 0.15) is 13.8 Å². The average Bonchev–Trinajstić information content (AvgIpc) is 2.08. The minimum Gasteiger partial charge on any atom is -0.481 e. The molecule has 0 fully saturated rings. The second-order valence-electron chi connectivity index (χ2n) is 4.13. The maximum absolute atomic E-state index is 11.3. The molecule has 0 saturated heterocycles. The van der Waals surface area contributed by atoms with Crippen molar-refractivity contribution in [1.29, 1.82) is 0 Å². The van der Waals surface area contributed by atoms with Gasteiger partial charge in [-0.05, 0) is 18.9 Å². The molecule has 1 aliphatic rings. The largest absolute Gasteiger partial charge is 0.481 e. The number of hydrogen-bond donors (Lipinski definition) is 1. The summed E-state index contributed by atoms with van der Waals surface area (Å²) in [5, 5.41) is 9.29. The summed E-state index contributed by atoms with van der Waals surface area (Å²) in [4.78, 5) is 13.2. The van der Waals surface area contributed by atoms with Crippen molar-refractivity contribution in [3.63, 3.8) is 0 Å². The van der Waals surface area contributed by atoms with Gasteiger partial charge >= 0.3 is 5.97 Å². The fraction of sp³-hybridized carbons (Fsp3) is 0.545. The van der Waals surface area contributed by atoms with Crippen molar-refractivity contribution in [2.24, 2.45) is 11.3 Å². The van der Waals surface area contributed by atoms with E-state index in [0.717, 1.165) is 5.70 Å². The first-order valence-electron chi connectivity index (χ1n) is 4.70. The molecule has 0 spiro atoms. The van der Waals surface area contributed by atoms with E-state index in [-0.39, 0.29) is 5.92 Å². The number of carbonyl (C=O) groups is 1. The molecule has 1 aliphatic carbocycles. The monoisotopic (exact) mass is 195 g/mol. The average molecular weight is 195 g/mol. The highest BCUT2D eigenvalue weighted by atomic mass is 16.4. The van der Waals surface area contributed by atoms with E-state index < -0.39 is 11.4 Å². The normalized spacial score (nSPS) is 31.1. The summed E-state index contributed by atoms with van der Waals surface area (Å²) in [7, 11) is 3.75. The molecule has 0 aromatic carbocycles. The molecule has 0 aliphatic heterocycles. The number of nitrogens with zero attached hydrogens (tertiary/aromatic N) is 1. The van der Waals surface area contributed by atoms with Gasteiger partial charge in [0.1, 0.15) is 5.41 Å². The smallest absolute Gasteiger partial charge is 0.315 e. The van der Waals surface area contributed by atoms with E-state index in [1.807, 2.05) is 44.1 Å².